The number of anilines is 1. The molecule has 6 rings (SSSR count). The molecule has 4 heterocycles. The fourth-order valence-electron chi connectivity index (χ4n) is 6.72. The van der Waals surface area contributed by atoms with Gasteiger partial charge < -0.3 is 9.32 Å². The molecule has 0 bridgehead atoms. The monoisotopic (exact) mass is 486 g/mol. The van der Waals surface area contributed by atoms with E-state index in [0.717, 1.165) is 51.1 Å². The van der Waals surface area contributed by atoms with Crippen LogP contribution in [0.2, 0.25) is 0 Å². The van der Waals surface area contributed by atoms with Crippen LogP contribution in [0.3, 0.4) is 0 Å². The van der Waals surface area contributed by atoms with Gasteiger partial charge in [0.15, 0.2) is 0 Å². The number of aryl methyl sites for hydroxylation is 3. The van der Waals surface area contributed by atoms with Gasteiger partial charge in [-0.15, -0.1) is 11.3 Å². The van der Waals surface area contributed by atoms with Gasteiger partial charge in [0.25, 0.3) is 0 Å². The molecule has 0 amide bonds. The lowest BCUT2D eigenvalue weighted by molar-refractivity contribution is 0.334. The number of hydrogen-bond donors (Lipinski definition) is 0. The van der Waals surface area contributed by atoms with Gasteiger partial charge in [-0.1, -0.05) is 26.8 Å². The van der Waals surface area contributed by atoms with Gasteiger partial charge in [-0.25, -0.2) is 9.78 Å². The summed E-state index contributed by atoms with van der Waals surface area (Å²) >= 11 is 1.59. The molecule has 2 aromatic carbocycles. The van der Waals surface area contributed by atoms with Crippen LogP contribution in [0, 0.1) is 20.8 Å². The van der Waals surface area contributed by atoms with Crippen LogP contribution in [0.15, 0.2) is 27.4 Å². The number of hydrogen-bond acceptors (Lipinski definition) is 5. The maximum Gasteiger partial charge on any atom is 0.346 e. The van der Waals surface area contributed by atoms with Crippen LogP contribution in [-0.2, 0) is 5.41 Å². The van der Waals surface area contributed by atoms with Crippen molar-refractivity contribution in [3.8, 4) is 10.6 Å². The van der Waals surface area contributed by atoms with E-state index in [-0.39, 0.29) is 16.6 Å². The van der Waals surface area contributed by atoms with Crippen LogP contribution in [0.25, 0.3) is 31.8 Å². The molecule has 1 unspecified atom stereocenters. The van der Waals surface area contributed by atoms with E-state index in [0.29, 0.717) is 11.5 Å². The number of nitrogens with zero attached hydrogens (tertiary/aromatic N) is 2. The van der Waals surface area contributed by atoms with Crippen molar-refractivity contribution in [1.29, 1.82) is 0 Å². The molecule has 0 fully saturated rings. The van der Waals surface area contributed by atoms with E-state index in [1.807, 2.05) is 0 Å². The highest BCUT2D eigenvalue weighted by atomic mass is 32.1. The predicted molar refractivity (Wildman–Crippen MR) is 147 cm³/mol. The Bertz CT molecular complexity index is 1600. The van der Waals surface area contributed by atoms with Crippen molar-refractivity contribution < 1.29 is 4.42 Å². The first-order valence-corrected chi connectivity index (χ1v) is 13.5. The van der Waals surface area contributed by atoms with E-state index in [2.05, 4.69) is 78.5 Å². The highest BCUT2D eigenvalue weighted by Crippen LogP contribution is 2.54. The zero-order valence-electron chi connectivity index (χ0n) is 22.0. The van der Waals surface area contributed by atoms with Crippen molar-refractivity contribution in [3.05, 3.63) is 56.4 Å². The van der Waals surface area contributed by atoms with E-state index in [1.54, 1.807) is 11.3 Å². The second-order valence-electron chi connectivity index (χ2n) is 12.1. The molecule has 2 aliphatic rings. The van der Waals surface area contributed by atoms with Crippen molar-refractivity contribution in [2.24, 2.45) is 0 Å². The molecule has 2 aliphatic heterocycles. The number of rotatable bonds is 1. The summed E-state index contributed by atoms with van der Waals surface area (Å²) in [5.41, 5.74) is 9.32. The molecule has 0 spiro atoms. The Morgan fingerprint density at radius 3 is 2.60 bits per heavy atom. The molecule has 182 valence electrons. The van der Waals surface area contributed by atoms with Crippen molar-refractivity contribution in [2.45, 2.75) is 85.1 Å². The molecular weight excluding hydrogens is 452 g/mol. The van der Waals surface area contributed by atoms with Gasteiger partial charge >= 0.3 is 5.63 Å². The standard InChI is InChI=1S/C30H34N2O2S/c1-15-11-16(2)26-21(12-15)31-27(35-26)22-18(4)20-13-19-17(3)14-30(7,8)32-10-9-29(5,6)23(24(19)32)25(20)34-28(22)33/h11-13,17H,9-10,14H2,1-8H3. The van der Waals surface area contributed by atoms with Crippen LogP contribution in [0.5, 0.6) is 0 Å². The average molecular weight is 487 g/mol. The summed E-state index contributed by atoms with van der Waals surface area (Å²) in [4.78, 5) is 21.1. The zero-order chi connectivity index (χ0) is 25.0. The quantitative estimate of drug-likeness (QED) is 0.258. The molecule has 0 saturated carbocycles. The Hall–Kier alpha value is -2.66. The number of thiazole rings is 1. The summed E-state index contributed by atoms with van der Waals surface area (Å²) in [6.07, 6.45) is 2.15. The van der Waals surface area contributed by atoms with E-state index < -0.39 is 0 Å². The molecule has 2 aromatic heterocycles. The highest BCUT2D eigenvalue weighted by molar-refractivity contribution is 7.21. The maximum absolute atomic E-state index is 13.6. The third-order valence-electron chi connectivity index (χ3n) is 8.47. The lowest BCUT2D eigenvalue weighted by atomic mass is 9.69. The van der Waals surface area contributed by atoms with Crippen molar-refractivity contribution in [2.75, 3.05) is 11.4 Å². The van der Waals surface area contributed by atoms with Gasteiger partial charge in [0.2, 0.25) is 0 Å². The minimum atomic E-state index is -0.282. The van der Waals surface area contributed by atoms with Gasteiger partial charge in [0.05, 0.1) is 15.8 Å². The summed E-state index contributed by atoms with van der Waals surface area (Å²) in [5, 5.41) is 1.81. The van der Waals surface area contributed by atoms with Gasteiger partial charge in [-0.2, -0.15) is 0 Å². The Morgan fingerprint density at radius 1 is 1.11 bits per heavy atom. The normalized spacial score (nSPS) is 20.5. The van der Waals surface area contributed by atoms with Crippen LogP contribution in [-0.4, -0.2) is 17.1 Å². The van der Waals surface area contributed by atoms with Crippen molar-refractivity contribution in [1.82, 2.24) is 4.98 Å². The van der Waals surface area contributed by atoms with Crippen LogP contribution >= 0.6 is 11.3 Å². The first-order valence-electron chi connectivity index (χ1n) is 12.7. The number of benzene rings is 2. The molecular formula is C30H34N2O2S. The molecule has 4 aromatic rings. The third-order valence-corrected chi connectivity index (χ3v) is 9.69. The molecule has 0 aliphatic carbocycles. The Balaban J connectivity index is 1.69. The largest absolute Gasteiger partial charge is 0.422 e. The van der Waals surface area contributed by atoms with Crippen molar-refractivity contribution >= 4 is 38.2 Å². The summed E-state index contributed by atoms with van der Waals surface area (Å²) in [6, 6.07) is 6.59. The molecule has 1 atom stereocenters. The van der Waals surface area contributed by atoms with Crippen LogP contribution in [0.4, 0.5) is 5.69 Å². The zero-order valence-corrected chi connectivity index (χ0v) is 22.9. The molecule has 0 saturated heterocycles. The fraction of sp³-hybridized carbons (Fsp3) is 0.467. The van der Waals surface area contributed by atoms with Crippen LogP contribution < -0.4 is 10.5 Å². The second kappa shape index (κ2) is 7.19. The summed E-state index contributed by atoms with van der Waals surface area (Å²) in [7, 11) is 0. The lowest BCUT2D eigenvalue weighted by Gasteiger charge is -2.53. The SMILES string of the molecule is Cc1cc(C)c2sc(-c3c(C)c4cc5c6c(c4oc3=O)C(C)(C)CCN6C(C)(C)CC5C)nc2c1. The van der Waals surface area contributed by atoms with Gasteiger partial charge in [0.1, 0.15) is 10.6 Å². The third kappa shape index (κ3) is 3.16. The highest BCUT2D eigenvalue weighted by Gasteiger charge is 2.45. The van der Waals surface area contributed by atoms with E-state index in [9.17, 15) is 4.79 Å². The molecule has 0 N–H and O–H groups in total. The molecule has 35 heavy (non-hydrogen) atoms. The average Bonchev–Trinajstić information content (AvgIpc) is 3.15. The van der Waals surface area contributed by atoms with Crippen molar-refractivity contribution in [3.63, 3.8) is 0 Å². The van der Waals surface area contributed by atoms with E-state index >= 15 is 0 Å². The van der Waals surface area contributed by atoms with Gasteiger partial charge in [-0.05, 0) is 93.2 Å². The summed E-state index contributed by atoms with van der Waals surface area (Å²) < 4.78 is 7.41. The second-order valence-corrected chi connectivity index (χ2v) is 13.1. The molecule has 4 nitrogen and oxygen atoms in total. The predicted octanol–water partition coefficient (Wildman–Crippen LogP) is 7.77. The molecule has 0 radical (unpaired) electrons. The molecule has 5 heteroatoms. The van der Waals surface area contributed by atoms with E-state index in [4.69, 9.17) is 9.40 Å². The van der Waals surface area contributed by atoms with Gasteiger partial charge in [0, 0.05) is 28.7 Å². The number of aromatic nitrogens is 1. The van der Waals surface area contributed by atoms with E-state index in [1.165, 1.54) is 27.9 Å². The Labute approximate surface area is 211 Å². The fourth-order valence-corrected chi connectivity index (χ4v) is 7.83. The first kappa shape index (κ1) is 22.8. The van der Waals surface area contributed by atoms with Crippen LogP contribution in [0.1, 0.15) is 81.2 Å². The smallest absolute Gasteiger partial charge is 0.346 e. The minimum Gasteiger partial charge on any atom is -0.422 e. The Morgan fingerprint density at radius 2 is 1.86 bits per heavy atom. The minimum absolute atomic E-state index is 0.0678. The maximum atomic E-state index is 13.6. The topological polar surface area (TPSA) is 46.3 Å². The first-order chi connectivity index (χ1) is 16.4. The summed E-state index contributed by atoms with van der Waals surface area (Å²) in [6.45, 7) is 18.9. The number of fused-ring (bicyclic) bond motifs is 3. The Kier molecular flexibility index (Phi) is 4.68. The summed E-state index contributed by atoms with van der Waals surface area (Å²) in [5.74, 6) is 0.441. The lowest BCUT2D eigenvalue weighted by Crippen LogP contribution is -2.53. The van der Waals surface area contributed by atoms with Gasteiger partial charge in [-0.3, -0.25) is 0 Å².